The third-order valence-electron chi connectivity index (χ3n) is 5.75. The fourth-order valence-corrected chi connectivity index (χ4v) is 4.50. The number of halogens is 1. The molecular weight excluding hydrogens is 475 g/mol. The summed E-state index contributed by atoms with van der Waals surface area (Å²) in [5.41, 5.74) is 12.4. The van der Waals surface area contributed by atoms with Gasteiger partial charge < -0.3 is 15.2 Å². The lowest BCUT2D eigenvalue weighted by atomic mass is 10.0. The molecule has 5 aromatic rings. The van der Waals surface area contributed by atoms with E-state index >= 15 is 0 Å². The first-order valence-electron chi connectivity index (χ1n) is 11.5. The third-order valence-corrected chi connectivity index (χ3v) is 6.41. The second kappa shape index (κ2) is 10.2. The molecule has 7 nitrogen and oxygen atoms in total. The van der Waals surface area contributed by atoms with Crippen LogP contribution in [0.3, 0.4) is 0 Å². The Balaban J connectivity index is 1.58. The number of rotatable bonds is 8. The van der Waals surface area contributed by atoms with Crippen LogP contribution in [-0.4, -0.2) is 25.5 Å². The highest BCUT2D eigenvalue weighted by atomic mass is 32.2. The van der Waals surface area contributed by atoms with E-state index in [0.29, 0.717) is 23.9 Å². The standard InChI is InChI=1S/C27H25FN6OS/c1-3-36-33-22-11-8-18(13-23(22)35-16-17-6-9-20(28)10-7-17)25-24-26(34(2)32-25)21(15-31-27(24)29)19-5-4-12-30-14-19/h4-15,33H,3,16H2,1-2H3,(H2,29,31). The molecule has 0 aliphatic heterocycles. The maximum atomic E-state index is 13.3. The molecule has 0 fully saturated rings. The number of nitrogen functional groups attached to an aromatic ring is 1. The Labute approximate surface area is 212 Å². The van der Waals surface area contributed by atoms with Crippen LogP contribution >= 0.6 is 11.9 Å². The molecule has 0 radical (unpaired) electrons. The van der Waals surface area contributed by atoms with Crippen molar-refractivity contribution in [3.05, 3.63) is 84.6 Å². The minimum Gasteiger partial charge on any atom is -0.487 e. The number of anilines is 2. The number of hydrogen-bond donors (Lipinski definition) is 2. The van der Waals surface area contributed by atoms with Crippen molar-refractivity contribution in [2.75, 3.05) is 16.2 Å². The van der Waals surface area contributed by atoms with Gasteiger partial charge in [-0.05, 0) is 35.9 Å². The van der Waals surface area contributed by atoms with Crippen LogP contribution in [0, 0.1) is 5.82 Å². The Morgan fingerprint density at radius 3 is 2.67 bits per heavy atom. The molecule has 182 valence electrons. The van der Waals surface area contributed by atoms with Gasteiger partial charge in [0.2, 0.25) is 0 Å². The van der Waals surface area contributed by atoms with E-state index in [-0.39, 0.29) is 5.82 Å². The Morgan fingerprint density at radius 1 is 1.08 bits per heavy atom. The fourth-order valence-electron chi connectivity index (χ4n) is 4.04. The van der Waals surface area contributed by atoms with Gasteiger partial charge in [0.25, 0.3) is 0 Å². The first kappa shape index (κ1) is 23.6. The lowest BCUT2D eigenvalue weighted by Gasteiger charge is -2.14. The molecule has 0 spiro atoms. The summed E-state index contributed by atoms with van der Waals surface area (Å²) in [6, 6.07) is 16.1. The van der Waals surface area contributed by atoms with Gasteiger partial charge in [0.15, 0.2) is 0 Å². The molecular formula is C27H25FN6OS. The second-order valence-electron chi connectivity index (χ2n) is 8.16. The molecule has 0 aliphatic carbocycles. The normalized spacial score (nSPS) is 11.1. The molecule has 5 rings (SSSR count). The number of fused-ring (bicyclic) bond motifs is 1. The predicted octanol–water partition coefficient (Wildman–Crippen LogP) is 6.08. The van der Waals surface area contributed by atoms with Crippen LogP contribution in [-0.2, 0) is 13.7 Å². The lowest BCUT2D eigenvalue weighted by Crippen LogP contribution is -1.99. The Hall–Kier alpha value is -4.11. The number of nitrogens with two attached hydrogens (primary N) is 1. The second-order valence-corrected chi connectivity index (χ2v) is 9.23. The Kier molecular flexibility index (Phi) is 6.73. The number of hydrogen-bond acceptors (Lipinski definition) is 7. The molecule has 0 atom stereocenters. The monoisotopic (exact) mass is 500 g/mol. The first-order chi connectivity index (χ1) is 17.5. The van der Waals surface area contributed by atoms with E-state index in [1.807, 2.05) is 42.1 Å². The molecule has 36 heavy (non-hydrogen) atoms. The van der Waals surface area contributed by atoms with Crippen molar-refractivity contribution >= 4 is 34.4 Å². The molecule has 0 saturated carbocycles. The summed E-state index contributed by atoms with van der Waals surface area (Å²) >= 11 is 1.57. The van der Waals surface area contributed by atoms with Gasteiger partial charge in [-0.25, -0.2) is 9.37 Å². The first-order valence-corrected chi connectivity index (χ1v) is 12.4. The zero-order valence-electron chi connectivity index (χ0n) is 19.9. The number of nitrogens with zero attached hydrogens (tertiary/aromatic N) is 4. The minimum atomic E-state index is -0.277. The van der Waals surface area contributed by atoms with Crippen LogP contribution in [0.5, 0.6) is 5.75 Å². The van der Waals surface area contributed by atoms with Crippen molar-refractivity contribution < 1.29 is 9.13 Å². The molecule has 0 amide bonds. The maximum absolute atomic E-state index is 13.3. The average molecular weight is 501 g/mol. The van der Waals surface area contributed by atoms with Gasteiger partial charge in [-0.15, -0.1) is 0 Å². The average Bonchev–Trinajstić information content (AvgIpc) is 3.26. The molecule has 2 aromatic carbocycles. The Bertz CT molecular complexity index is 1510. The van der Waals surface area contributed by atoms with Crippen molar-refractivity contribution in [2.24, 2.45) is 7.05 Å². The van der Waals surface area contributed by atoms with Crippen molar-refractivity contribution in [3.8, 4) is 28.1 Å². The number of pyridine rings is 2. The fraction of sp³-hybridized carbons (Fsp3) is 0.148. The summed E-state index contributed by atoms with van der Waals surface area (Å²) < 4.78 is 24.6. The van der Waals surface area contributed by atoms with Gasteiger partial charge in [0.1, 0.15) is 29.7 Å². The molecule has 0 bridgehead atoms. The van der Waals surface area contributed by atoms with E-state index < -0.39 is 0 Å². The zero-order valence-corrected chi connectivity index (χ0v) is 20.7. The van der Waals surface area contributed by atoms with Crippen molar-refractivity contribution in [2.45, 2.75) is 13.5 Å². The van der Waals surface area contributed by atoms with E-state index in [4.69, 9.17) is 15.6 Å². The molecule has 0 saturated heterocycles. The molecule has 0 unspecified atom stereocenters. The summed E-state index contributed by atoms with van der Waals surface area (Å²) in [7, 11) is 1.89. The largest absolute Gasteiger partial charge is 0.487 e. The smallest absolute Gasteiger partial charge is 0.144 e. The predicted molar refractivity (Wildman–Crippen MR) is 144 cm³/mol. The van der Waals surface area contributed by atoms with Crippen LogP contribution in [0.2, 0.25) is 0 Å². The quantitative estimate of drug-likeness (QED) is 0.250. The molecule has 3 aromatic heterocycles. The van der Waals surface area contributed by atoms with Gasteiger partial charge in [-0.2, -0.15) is 5.10 Å². The highest BCUT2D eigenvalue weighted by Crippen LogP contribution is 2.39. The van der Waals surface area contributed by atoms with Crippen LogP contribution < -0.4 is 15.2 Å². The van der Waals surface area contributed by atoms with Gasteiger partial charge >= 0.3 is 0 Å². The summed E-state index contributed by atoms with van der Waals surface area (Å²) in [6.07, 6.45) is 5.29. The van der Waals surface area contributed by atoms with Crippen molar-refractivity contribution in [1.29, 1.82) is 0 Å². The highest BCUT2D eigenvalue weighted by molar-refractivity contribution is 8.00. The van der Waals surface area contributed by atoms with Crippen molar-refractivity contribution in [1.82, 2.24) is 19.7 Å². The lowest BCUT2D eigenvalue weighted by molar-refractivity contribution is 0.308. The van der Waals surface area contributed by atoms with E-state index in [1.54, 1.807) is 42.7 Å². The topological polar surface area (TPSA) is 90.9 Å². The molecule has 3 heterocycles. The van der Waals surface area contributed by atoms with Gasteiger partial charge in [-0.3, -0.25) is 9.67 Å². The number of aromatic nitrogens is 4. The Morgan fingerprint density at radius 2 is 1.92 bits per heavy atom. The number of aryl methyl sites for hydroxylation is 1. The van der Waals surface area contributed by atoms with E-state index in [9.17, 15) is 4.39 Å². The third kappa shape index (κ3) is 4.70. The minimum absolute atomic E-state index is 0.277. The van der Waals surface area contributed by atoms with Crippen molar-refractivity contribution in [3.63, 3.8) is 0 Å². The van der Waals surface area contributed by atoms with Gasteiger partial charge in [0.05, 0.1) is 16.6 Å². The number of benzene rings is 2. The SMILES string of the molecule is CCSNc1ccc(-c2nn(C)c3c(-c4cccnc4)cnc(N)c23)cc1OCc1ccc(F)cc1. The van der Waals surface area contributed by atoms with E-state index in [0.717, 1.165) is 44.6 Å². The van der Waals surface area contributed by atoms with Crippen LogP contribution in [0.15, 0.2) is 73.2 Å². The van der Waals surface area contributed by atoms with Crippen LogP contribution in [0.4, 0.5) is 15.9 Å². The molecule has 3 N–H and O–H groups in total. The van der Waals surface area contributed by atoms with E-state index in [1.165, 1.54) is 12.1 Å². The summed E-state index contributed by atoms with van der Waals surface area (Å²) in [5, 5.41) is 5.59. The number of ether oxygens (including phenoxy) is 1. The summed E-state index contributed by atoms with van der Waals surface area (Å²) in [6.45, 7) is 2.37. The highest BCUT2D eigenvalue weighted by Gasteiger charge is 2.20. The summed E-state index contributed by atoms with van der Waals surface area (Å²) in [5.74, 6) is 1.68. The summed E-state index contributed by atoms with van der Waals surface area (Å²) in [4.78, 5) is 8.71. The molecule has 0 aliphatic rings. The number of nitrogens with one attached hydrogen (secondary N) is 1. The van der Waals surface area contributed by atoms with Gasteiger partial charge in [0, 0.05) is 48.1 Å². The van der Waals surface area contributed by atoms with Crippen LogP contribution in [0.1, 0.15) is 12.5 Å². The molecule has 9 heteroatoms. The van der Waals surface area contributed by atoms with E-state index in [2.05, 4.69) is 21.6 Å². The maximum Gasteiger partial charge on any atom is 0.144 e. The zero-order chi connectivity index (χ0) is 25.1. The van der Waals surface area contributed by atoms with Crippen LogP contribution in [0.25, 0.3) is 33.3 Å². The van der Waals surface area contributed by atoms with Gasteiger partial charge in [-0.1, -0.05) is 43.1 Å².